The summed E-state index contributed by atoms with van der Waals surface area (Å²) in [5.41, 5.74) is 1.79. The van der Waals surface area contributed by atoms with Crippen LogP contribution in [0, 0.1) is 5.95 Å². The van der Waals surface area contributed by atoms with E-state index in [1.54, 1.807) is 12.1 Å². The number of hydrogen-bond acceptors (Lipinski definition) is 4. The second-order valence-electron chi connectivity index (χ2n) is 5.89. The molecule has 0 saturated carbocycles. The van der Waals surface area contributed by atoms with Crippen LogP contribution in [-0.2, 0) is 10.3 Å². The van der Waals surface area contributed by atoms with E-state index in [1.165, 1.54) is 24.9 Å². The predicted octanol–water partition coefficient (Wildman–Crippen LogP) is 3.73. The SMILES string of the molecule is CC(=O)NC1=NC(C)(c2cccc(-c3cccnc3F)c2)CCS1. The lowest BCUT2D eigenvalue weighted by atomic mass is 9.88. The first-order chi connectivity index (χ1) is 11.5. The van der Waals surface area contributed by atoms with Crippen molar-refractivity contribution in [1.29, 1.82) is 0 Å². The predicted molar refractivity (Wildman–Crippen MR) is 95.3 cm³/mol. The Balaban J connectivity index is 1.99. The fourth-order valence-corrected chi connectivity index (χ4v) is 3.88. The first-order valence-corrected chi connectivity index (χ1v) is 8.68. The quantitative estimate of drug-likeness (QED) is 0.845. The molecule has 0 spiro atoms. The van der Waals surface area contributed by atoms with Gasteiger partial charge in [-0.3, -0.25) is 9.79 Å². The molecule has 2 aromatic rings. The van der Waals surface area contributed by atoms with Crippen molar-refractivity contribution in [3.8, 4) is 11.1 Å². The molecular weight excluding hydrogens is 325 g/mol. The molecular formula is C18H18FN3OS. The molecule has 24 heavy (non-hydrogen) atoms. The van der Waals surface area contributed by atoms with Gasteiger partial charge in [0.1, 0.15) is 0 Å². The molecule has 1 amide bonds. The Morgan fingerprint density at radius 2 is 2.17 bits per heavy atom. The molecule has 1 atom stereocenters. The highest BCUT2D eigenvalue weighted by atomic mass is 32.2. The van der Waals surface area contributed by atoms with E-state index >= 15 is 0 Å². The minimum absolute atomic E-state index is 0.128. The maximum absolute atomic E-state index is 14.0. The third-order valence-electron chi connectivity index (χ3n) is 4.01. The van der Waals surface area contributed by atoms with E-state index in [2.05, 4.69) is 10.3 Å². The number of hydrogen-bond donors (Lipinski definition) is 1. The summed E-state index contributed by atoms with van der Waals surface area (Å²) >= 11 is 1.54. The molecule has 1 unspecified atom stereocenters. The van der Waals surface area contributed by atoms with Crippen molar-refractivity contribution >= 4 is 22.8 Å². The molecule has 124 valence electrons. The minimum atomic E-state index is -0.485. The van der Waals surface area contributed by atoms with Gasteiger partial charge in [-0.05, 0) is 42.7 Å². The lowest BCUT2D eigenvalue weighted by Crippen LogP contribution is -2.34. The average Bonchev–Trinajstić information content (AvgIpc) is 2.55. The lowest BCUT2D eigenvalue weighted by Gasteiger charge is -2.31. The summed E-state index contributed by atoms with van der Waals surface area (Å²) < 4.78 is 14.0. The molecule has 1 aliphatic rings. The highest BCUT2D eigenvalue weighted by Crippen LogP contribution is 2.37. The van der Waals surface area contributed by atoms with Gasteiger partial charge in [-0.25, -0.2) is 4.98 Å². The zero-order chi connectivity index (χ0) is 17.2. The molecule has 3 rings (SSSR count). The normalized spacial score (nSPS) is 20.4. The van der Waals surface area contributed by atoms with Crippen molar-refractivity contribution in [2.75, 3.05) is 5.75 Å². The van der Waals surface area contributed by atoms with Crippen LogP contribution in [0.1, 0.15) is 25.8 Å². The zero-order valence-electron chi connectivity index (χ0n) is 13.5. The third kappa shape index (κ3) is 3.48. The van der Waals surface area contributed by atoms with Gasteiger partial charge in [0.2, 0.25) is 11.9 Å². The Labute approximate surface area is 144 Å². The summed E-state index contributed by atoms with van der Waals surface area (Å²) in [4.78, 5) is 19.7. The van der Waals surface area contributed by atoms with Crippen LogP contribution in [-0.4, -0.2) is 21.8 Å². The number of benzene rings is 1. The van der Waals surface area contributed by atoms with Gasteiger partial charge in [-0.2, -0.15) is 4.39 Å². The Morgan fingerprint density at radius 1 is 1.33 bits per heavy atom. The van der Waals surface area contributed by atoms with Crippen LogP contribution in [0.25, 0.3) is 11.1 Å². The van der Waals surface area contributed by atoms with Crippen LogP contribution in [0.2, 0.25) is 0 Å². The van der Waals surface area contributed by atoms with Crippen LogP contribution >= 0.6 is 11.8 Å². The zero-order valence-corrected chi connectivity index (χ0v) is 14.4. The number of carbonyl (C=O) groups excluding carboxylic acids is 1. The largest absolute Gasteiger partial charge is 0.306 e. The van der Waals surface area contributed by atoms with Crippen molar-refractivity contribution in [2.24, 2.45) is 4.99 Å². The maximum atomic E-state index is 14.0. The van der Waals surface area contributed by atoms with Gasteiger partial charge in [0.15, 0.2) is 5.17 Å². The molecule has 0 aliphatic carbocycles. The number of nitrogens with zero attached hydrogens (tertiary/aromatic N) is 2. The van der Waals surface area contributed by atoms with Crippen LogP contribution in [0.4, 0.5) is 4.39 Å². The summed E-state index contributed by atoms with van der Waals surface area (Å²) in [6, 6.07) is 11.1. The highest BCUT2D eigenvalue weighted by Gasteiger charge is 2.30. The van der Waals surface area contributed by atoms with E-state index in [0.29, 0.717) is 10.7 Å². The molecule has 0 fully saturated rings. The van der Waals surface area contributed by atoms with Gasteiger partial charge >= 0.3 is 0 Å². The lowest BCUT2D eigenvalue weighted by molar-refractivity contribution is -0.117. The molecule has 0 radical (unpaired) electrons. The van der Waals surface area contributed by atoms with E-state index in [1.807, 2.05) is 31.2 Å². The fourth-order valence-electron chi connectivity index (χ4n) is 2.71. The molecule has 1 aliphatic heterocycles. The van der Waals surface area contributed by atoms with Crippen molar-refractivity contribution < 1.29 is 9.18 Å². The summed E-state index contributed by atoms with van der Waals surface area (Å²) in [5, 5.41) is 3.40. The van der Waals surface area contributed by atoms with Crippen LogP contribution in [0.5, 0.6) is 0 Å². The minimum Gasteiger partial charge on any atom is -0.306 e. The number of pyridine rings is 1. The van der Waals surface area contributed by atoms with Gasteiger partial charge in [0, 0.05) is 24.4 Å². The molecule has 4 nitrogen and oxygen atoms in total. The van der Waals surface area contributed by atoms with E-state index in [-0.39, 0.29) is 5.91 Å². The van der Waals surface area contributed by atoms with E-state index in [9.17, 15) is 9.18 Å². The number of rotatable bonds is 2. The fraction of sp³-hybridized carbons (Fsp3) is 0.278. The average molecular weight is 343 g/mol. The smallest absolute Gasteiger partial charge is 0.222 e. The topological polar surface area (TPSA) is 54.4 Å². The molecule has 1 aromatic carbocycles. The second-order valence-corrected chi connectivity index (χ2v) is 6.98. The molecule has 1 aromatic heterocycles. The van der Waals surface area contributed by atoms with E-state index < -0.39 is 11.5 Å². The molecule has 1 N–H and O–H groups in total. The van der Waals surface area contributed by atoms with Crippen molar-refractivity contribution in [2.45, 2.75) is 25.8 Å². The van der Waals surface area contributed by atoms with Crippen LogP contribution < -0.4 is 5.32 Å². The Morgan fingerprint density at radius 3 is 2.92 bits per heavy atom. The van der Waals surface area contributed by atoms with Gasteiger partial charge in [-0.15, -0.1) is 0 Å². The van der Waals surface area contributed by atoms with Gasteiger partial charge in [0.05, 0.1) is 5.54 Å². The number of nitrogens with one attached hydrogen (secondary N) is 1. The molecule has 0 saturated heterocycles. The number of amides is 1. The maximum Gasteiger partial charge on any atom is 0.222 e. The number of aromatic nitrogens is 1. The summed E-state index contributed by atoms with van der Waals surface area (Å²) in [5.74, 6) is 0.249. The molecule has 0 bridgehead atoms. The molecule has 2 heterocycles. The third-order valence-corrected chi connectivity index (χ3v) is 4.89. The van der Waals surface area contributed by atoms with Gasteiger partial charge < -0.3 is 5.32 Å². The monoisotopic (exact) mass is 343 g/mol. The van der Waals surface area contributed by atoms with Crippen LogP contribution in [0.3, 0.4) is 0 Å². The van der Waals surface area contributed by atoms with Crippen molar-refractivity contribution in [3.05, 3.63) is 54.1 Å². The number of carbonyl (C=O) groups is 1. The van der Waals surface area contributed by atoms with Gasteiger partial charge in [0.25, 0.3) is 0 Å². The van der Waals surface area contributed by atoms with E-state index in [0.717, 1.165) is 23.3 Å². The Kier molecular flexibility index (Phi) is 4.66. The van der Waals surface area contributed by atoms with Crippen molar-refractivity contribution in [3.63, 3.8) is 0 Å². The second kappa shape index (κ2) is 6.73. The van der Waals surface area contributed by atoms with E-state index in [4.69, 9.17) is 4.99 Å². The van der Waals surface area contributed by atoms with Gasteiger partial charge in [-0.1, -0.05) is 30.0 Å². The van der Waals surface area contributed by atoms with Crippen LogP contribution in [0.15, 0.2) is 47.6 Å². The summed E-state index contributed by atoms with van der Waals surface area (Å²) in [6.07, 6.45) is 2.28. The highest BCUT2D eigenvalue weighted by molar-refractivity contribution is 8.13. The first-order valence-electron chi connectivity index (χ1n) is 7.70. The first kappa shape index (κ1) is 16.6. The Bertz CT molecular complexity index is 808. The standard InChI is InChI=1S/C18H18FN3OS/c1-12(23)21-17-22-18(2,8-10-24-17)14-6-3-5-13(11-14)15-7-4-9-20-16(15)19/h3-7,9,11H,8,10H2,1-2H3,(H,21,22,23). The summed E-state index contributed by atoms with van der Waals surface area (Å²) in [7, 11) is 0. The summed E-state index contributed by atoms with van der Waals surface area (Å²) in [6.45, 7) is 3.51. The van der Waals surface area contributed by atoms with Crippen molar-refractivity contribution in [1.82, 2.24) is 10.3 Å². The molecule has 6 heteroatoms. The number of thioether (sulfide) groups is 1. The number of amidine groups is 1. The number of halogens is 1. The Hall–Kier alpha value is -2.21. The number of aliphatic imine (C=N–C) groups is 1.